The first-order valence-corrected chi connectivity index (χ1v) is 20.9. The van der Waals surface area contributed by atoms with Crippen LogP contribution in [0, 0.1) is 0 Å². The highest BCUT2D eigenvalue weighted by Gasteiger charge is 2.19. The van der Waals surface area contributed by atoms with Crippen molar-refractivity contribution in [3.05, 3.63) is 256 Å². The minimum atomic E-state index is 0.842. The zero-order chi connectivity index (χ0) is 43.4. The summed E-state index contributed by atoms with van der Waals surface area (Å²) in [6.07, 6.45) is 18.2. The summed E-state index contributed by atoms with van der Waals surface area (Å²) < 4.78 is 2.41. The summed E-state index contributed by atoms with van der Waals surface area (Å²) in [7, 11) is 0. The van der Waals surface area contributed by atoms with Crippen LogP contribution in [0.5, 0.6) is 0 Å². The zero-order valence-electron chi connectivity index (χ0n) is 35.3. The molecule has 9 rings (SSSR count). The number of para-hydroxylation sites is 2. The molecule has 0 aliphatic carbocycles. The Morgan fingerprint density at radius 2 is 1.14 bits per heavy atom. The van der Waals surface area contributed by atoms with Crippen LogP contribution in [0.4, 0.5) is 11.4 Å². The predicted molar refractivity (Wildman–Crippen MR) is 269 cm³/mol. The van der Waals surface area contributed by atoms with Crippen molar-refractivity contribution >= 4 is 45.0 Å². The minimum Gasteiger partial charge on any atom is -0.311 e. The fourth-order valence-electron chi connectivity index (χ4n) is 7.86. The molecule has 0 fully saturated rings. The molecule has 0 saturated carbocycles. The summed E-state index contributed by atoms with van der Waals surface area (Å²) in [5, 5.41) is 2.45. The Morgan fingerprint density at radius 1 is 0.571 bits per heavy atom. The molecule has 63 heavy (non-hydrogen) atoms. The summed E-state index contributed by atoms with van der Waals surface area (Å²) in [5.74, 6) is 0. The van der Waals surface area contributed by atoms with Gasteiger partial charge >= 0.3 is 0 Å². The molecule has 304 valence electrons. The van der Waals surface area contributed by atoms with Gasteiger partial charge in [-0.2, -0.15) is 0 Å². The fourth-order valence-corrected chi connectivity index (χ4v) is 7.86. The molecular formula is C58H47N5. The van der Waals surface area contributed by atoms with Gasteiger partial charge in [0, 0.05) is 76.3 Å². The standard InChI is InChI=1S/C53H40N4.C5H7N/c1-3-39(42-28-32-54-33-29-42)19-18-38(2)56(47-24-20-40(21-25-47)43-30-34-55-35-31-43)48-26-22-41(23-27-48)45-36-50(44-12-6-4-7-13-44)53-51(37-45)49-16-10-11-17-52(49)57(53)46-14-8-5-9-15-46;1-3-5-6-4-2/h3-37H,2H2,1H3;3-5H,1-2H2/b19-18-,39-3+;. The van der Waals surface area contributed by atoms with Gasteiger partial charge < -0.3 is 9.47 Å². The number of allylic oxidation sites excluding steroid dienone is 5. The van der Waals surface area contributed by atoms with Crippen molar-refractivity contribution in [1.29, 1.82) is 0 Å². The van der Waals surface area contributed by atoms with Crippen LogP contribution in [0.3, 0.4) is 0 Å². The Hall–Kier alpha value is -8.41. The van der Waals surface area contributed by atoms with Crippen molar-refractivity contribution in [2.24, 2.45) is 4.99 Å². The Labute approximate surface area is 370 Å². The Morgan fingerprint density at radius 3 is 1.75 bits per heavy atom. The number of rotatable bonds is 12. The maximum Gasteiger partial charge on any atom is 0.0619 e. The van der Waals surface area contributed by atoms with Gasteiger partial charge in [0.1, 0.15) is 0 Å². The van der Waals surface area contributed by atoms with Gasteiger partial charge in [-0.25, -0.2) is 0 Å². The van der Waals surface area contributed by atoms with Gasteiger partial charge in [0.2, 0.25) is 0 Å². The summed E-state index contributed by atoms with van der Waals surface area (Å²) in [5.41, 5.74) is 15.5. The third kappa shape index (κ3) is 9.19. The normalized spacial score (nSPS) is 11.4. The van der Waals surface area contributed by atoms with E-state index in [9.17, 15) is 0 Å². The molecule has 0 bridgehead atoms. The second-order valence-corrected chi connectivity index (χ2v) is 14.7. The molecule has 6 aromatic carbocycles. The van der Waals surface area contributed by atoms with Gasteiger partial charge in [0.05, 0.1) is 11.0 Å². The molecule has 3 heterocycles. The van der Waals surface area contributed by atoms with E-state index in [1.54, 1.807) is 12.3 Å². The van der Waals surface area contributed by atoms with Gasteiger partial charge in [-0.05, 0) is 131 Å². The molecule has 0 unspecified atom stereocenters. The first kappa shape index (κ1) is 41.3. The van der Waals surface area contributed by atoms with Gasteiger partial charge in [-0.3, -0.25) is 15.0 Å². The molecule has 5 nitrogen and oxygen atoms in total. The van der Waals surface area contributed by atoms with Crippen LogP contribution in [0.1, 0.15) is 12.5 Å². The number of hydrogen-bond acceptors (Lipinski definition) is 4. The number of aliphatic imine (C=N–C) groups is 1. The van der Waals surface area contributed by atoms with Gasteiger partial charge in [0.25, 0.3) is 0 Å². The molecule has 0 aliphatic rings. The molecule has 0 amide bonds. The van der Waals surface area contributed by atoms with Crippen molar-refractivity contribution in [1.82, 2.24) is 14.5 Å². The molecule has 5 heteroatoms. The molecule has 0 saturated heterocycles. The predicted octanol–water partition coefficient (Wildman–Crippen LogP) is 15.3. The molecule has 0 N–H and O–H groups in total. The Balaban J connectivity index is 0.000000849. The van der Waals surface area contributed by atoms with Crippen molar-refractivity contribution in [3.8, 4) is 39.1 Å². The van der Waals surface area contributed by atoms with E-state index in [1.807, 2.05) is 49.1 Å². The summed E-state index contributed by atoms with van der Waals surface area (Å²) in [6, 6.07) is 60.4. The second-order valence-electron chi connectivity index (χ2n) is 14.7. The first-order valence-electron chi connectivity index (χ1n) is 20.9. The number of fused-ring (bicyclic) bond motifs is 3. The van der Waals surface area contributed by atoms with Crippen LogP contribution in [-0.4, -0.2) is 20.7 Å². The van der Waals surface area contributed by atoms with Crippen molar-refractivity contribution in [3.63, 3.8) is 0 Å². The fraction of sp³-hybridized carbons (Fsp3) is 0.0172. The number of anilines is 2. The molecular weight excluding hydrogens is 767 g/mol. The third-order valence-electron chi connectivity index (χ3n) is 10.8. The Bertz CT molecular complexity index is 3060. The van der Waals surface area contributed by atoms with Gasteiger partial charge in [0.15, 0.2) is 0 Å². The van der Waals surface area contributed by atoms with E-state index in [4.69, 9.17) is 0 Å². The van der Waals surface area contributed by atoms with Crippen LogP contribution in [0.25, 0.3) is 66.4 Å². The lowest BCUT2D eigenvalue weighted by Crippen LogP contribution is -2.14. The zero-order valence-corrected chi connectivity index (χ0v) is 35.3. The monoisotopic (exact) mass is 813 g/mol. The third-order valence-corrected chi connectivity index (χ3v) is 10.8. The van der Waals surface area contributed by atoms with E-state index >= 15 is 0 Å². The summed E-state index contributed by atoms with van der Waals surface area (Å²) in [6.45, 7) is 13.4. The highest BCUT2D eigenvalue weighted by Crippen LogP contribution is 2.42. The maximum atomic E-state index is 4.59. The molecule has 0 aliphatic heterocycles. The van der Waals surface area contributed by atoms with Crippen LogP contribution in [0.2, 0.25) is 0 Å². The number of pyridine rings is 2. The van der Waals surface area contributed by atoms with E-state index in [1.165, 1.54) is 39.1 Å². The molecule has 9 aromatic rings. The summed E-state index contributed by atoms with van der Waals surface area (Å²) in [4.78, 5) is 14.2. The van der Waals surface area contributed by atoms with E-state index in [0.29, 0.717) is 0 Å². The SMILES string of the molecule is C=C(/C=C\C(=C/C)c1ccncc1)N(c1ccc(-c2ccncc2)cc1)c1ccc(-c2cc(-c3ccccc3)c3c(c2)c2ccccc2n3-c2ccccc2)cc1.C=CC=NC=C. The van der Waals surface area contributed by atoms with E-state index < -0.39 is 0 Å². The smallest absolute Gasteiger partial charge is 0.0619 e. The lowest BCUT2D eigenvalue weighted by atomic mass is 9.95. The average Bonchev–Trinajstić information content (AvgIpc) is 3.69. The van der Waals surface area contributed by atoms with Gasteiger partial charge in [-0.15, -0.1) is 0 Å². The Kier molecular flexibility index (Phi) is 13.0. The molecule has 0 radical (unpaired) electrons. The maximum absolute atomic E-state index is 4.59. The highest BCUT2D eigenvalue weighted by atomic mass is 15.1. The lowest BCUT2D eigenvalue weighted by Gasteiger charge is -2.26. The van der Waals surface area contributed by atoms with E-state index in [0.717, 1.165) is 56.1 Å². The number of benzene rings is 6. The van der Waals surface area contributed by atoms with Crippen molar-refractivity contribution in [2.75, 3.05) is 4.90 Å². The van der Waals surface area contributed by atoms with Crippen LogP contribution in [-0.2, 0) is 0 Å². The number of aromatic nitrogens is 3. The molecule has 0 spiro atoms. The number of hydrogen-bond donors (Lipinski definition) is 0. The minimum absolute atomic E-state index is 0.842. The molecule has 0 atom stereocenters. The summed E-state index contributed by atoms with van der Waals surface area (Å²) >= 11 is 0. The van der Waals surface area contributed by atoms with E-state index in [2.05, 4.69) is 215 Å². The second kappa shape index (κ2) is 19.8. The highest BCUT2D eigenvalue weighted by molar-refractivity contribution is 6.15. The van der Waals surface area contributed by atoms with Gasteiger partial charge in [-0.1, -0.05) is 129 Å². The van der Waals surface area contributed by atoms with Crippen LogP contribution >= 0.6 is 0 Å². The first-order chi connectivity index (χ1) is 31.1. The largest absolute Gasteiger partial charge is 0.311 e. The topological polar surface area (TPSA) is 46.3 Å². The lowest BCUT2D eigenvalue weighted by molar-refractivity contribution is 1.18. The van der Waals surface area contributed by atoms with Crippen molar-refractivity contribution in [2.45, 2.75) is 6.92 Å². The number of nitrogens with zero attached hydrogens (tertiary/aromatic N) is 5. The van der Waals surface area contributed by atoms with Crippen LogP contribution in [0.15, 0.2) is 256 Å². The van der Waals surface area contributed by atoms with E-state index in [-0.39, 0.29) is 0 Å². The quantitative estimate of drug-likeness (QED) is 0.0912. The van der Waals surface area contributed by atoms with Crippen LogP contribution < -0.4 is 4.90 Å². The van der Waals surface area contributed by atoms with Crippen molar-refractivity contribution < 1.29 is 0 Å². The average molecular weight is 814 g/mol. The molecule has 3 aromatic heterocycles.